The maximum absolute atomic E-state index is 13.5. The molecule has 5 nitrogen and oxygen atoms in total. The van der Waals surface area contributed by atoms with Crippen LogP contribution in [-0.2, 0) is 0 Å². The van der Waals surface area contributed by atoms with E-state index in [2.05, 4.69) is 20.9 Å². The van der Waals surface area contributed by atoms with E-state index in [9.17, 15) is 4.79 Å². The first kappa shape index (κ1) is 19.6. The van der Waals surface area contributed by atoms with Gasteiger partial charge in [0.2, 0.25) is 0 Å². The van der Waals surface area contributed by atoms with E-state index < -0.39 is 0 Å². The van der Waals surface area contributed by atoms with Crippen LogP contribution in [-0.4, -0.2) is 14.8 Å². The van der Waals surface area contributed by atoms with Gasteiger partial charge in [-0.2, -0.15) is 9.78 Å². The first-order valence-corrected chi connectivity index (χ1v) is 11.2. The van der Waals surface area contributed by atoms with E-state index in [1.54, 1.807) is 6.20 Å². The highest BCUT2D eigenvalue weighted by atomic mass is 79.9. The van der Waals surface area contributed by atoms with Crippen LogP contribution in [0, 0.1) is 0 Å². The number of hydrogen-bond donors (Lipinski definition) is 0. The van der Waals surface area contributed by atoms with Crippen LogP contribution in [0.4, 0.5) is 0 Å². The Bertz CT molecular complexity index is 1700. The fraction of sp³-hybridized carbons (Fsp3) is 0. The number of halogens is 1. The van der Waals surface area contributed by atoms with Crippen LogP contribution in [0.2, 0.25) is 0 Å². The van der Waals surface area contributed by atoms with Crippen LogP contribution in [0.1, 0.15) is 0 Å². The van der Waals surface area contributed by atoms with E-state index in [1.165, 1.54) is 11.1 Å². The fourth-order valence-electron chi connectivity index (χ4n) is 4.19. The normalized spacial score (nSPS) is 11.3. The minimum absolute atomic E-state index is 0.156. The van der Waals surface area contributed by atoms with Gasteiger partial charge in [0.05, 0.1) is 23.0 Å². The maximum Gasteiger partial charge on any atom is 0.279 e. The fourth-order valence-corrected chi connectivity index (χ4v) is 4.68. The summed E-state index contributed by atoms with van der Waals surface area (Å²) in [5.74, 6) is 0.657. The van der Waals surface area contributed by atoms with Gasteiger partial charge in [0.15, 0.2) is 12.2 Å². The molecule has 0 radical (unpaired) electrons. The molecule has 6 heteroatoms. The van der Waals surface area contributed by atoms with Gasteiger partial charge in [0, 0.05) is 26.4 Å². The highest BCUT2D eigenvalue weighted by Crippen LogP contribution is 2.33. The van der Waals surface area contributed by atoms with Crippen molar-refractivity contribution < 1.29 is 4.42 Å². The number of aromatic nitrogens is 3. The lowest BCUT2D eigenvalue weighted by Gasteiger charge is -2.14. The summed E-state index contributed by atoms with van der Waals surface area (Å²) in [6, 6.07) is 27.4. The Morgan fingerprint density at radius 2 is 1.52 bits per heavy atom. The Kier molecular flexibility index (Phi) is 4.66. The first-order valence-electron chi connectivity index (χ1n) is 10.4. The summed E-state index contributed by atoms with van der Waals surface area (Å²) >= 11 is 3.61. The van der Waals surface area contributed by atoms with E-state index in [-0.39, 0.29) is 5.56 Å². The summed E-state index contributed by atoms with van der Waals surface area (Å²) in [4.78, 5) is 17.6. The van der Waals surface area contributed by atoms with Gasteiger partial charge < -0.3 is 4.42 Å². The zero-order valence-corrected chi connectivity index (χ0v) is 18.9. The number of nitrogens with zero attached hydrogens (tertiary/aromatic N) is 3. The van der Waals surface area contributed by atoms with E-state index >= 15 is 0 Å². The van der Waals surface area contributed by atoms with Crippen LogP contribution >= 0.6 is 15.9 Å². The second kappa shape index (κ2) is 7.83. The van der Waals surface area contributed by atoms with Gasteiger partial charge in [0.1, 0.15) is 0 Å². The SMILES string of the molecule is O=c1c2ccccc2c(-c2cc(Br)cc(-c3cnco3)c2)nn1-c1cccc2ccccc12. The van der Waals surface area contributed by atoms with Gasteiger partial charge >= 0.3 is 0 Å². The van der Waals surface area contributed by atoms with Gasteiger partial charge in [-0.15, -0.1) is 0 Å². The summed E-state index contributed by atoms with van der Waals surface area (Å²) in [5, 5.41) is 8.31. The Hall–Kier alpha value is -4.03. The lowest BCUT2D eigenvalue weighted by atomic mass is 10.0. The molecule has 2 heterocycles. The molecule has 0 fully saturated rings. The Morgan fingerprint density at radius 3 is 2.33 bits per heavy atom. The topological polar surface area (TPSA) is 60.9 Å². The minimum Gasteiger partial charge on any atom is -0.444 e. The van der Waals surface area contributed by atoms with Gasteiger partial charge in [-0.1, -0.05) is 70.5 Å². The molecule has 0 atom stereocenters. The van der Waals surface area contributed by atoms with Crippen molar-refractivity contribution in [2.24, 2.45) is 0 Å². The molecule has 0 bridgehead atoms. The van der Waals surface area contributed by atoms with E-state index in [4.69, 9.17) is 9.52 Å². The average Bonchev–Trinajstić information content (AvgIpc) is 3.39. The average molecular weight is 494 g/mol. The lowest BCUT2D eigenvalue weighted by molar-refractivity contribution is 0.572. The van der Waals surface area contributed by atoms with Gasteiger partial charge in [0.25, 0.3) is 5.56 Å². The highest BCUT2D eigenvalue weighted by molar-refractivity contribution is 9.10. The van der Waals surface area contributed by atoms with E-state index in [1.807, 2.05) is 84.9 Å². The molecular formula is C27H16BrN3O2. The molecule has 0 saturated carbocycles. The number of rotatable bonds is 3. The molecule has 6 rings (SSSR count). The van der Waals surface area contributed by atoms with Crippen molar-refractivity contribution >= 4 is 37.5 Å². The summed E-state index contributed by atoms with van der Waals surface area (Å²) in [6.45, 7) is 0. The first-order chi connectivity index (χ1) is 16.2. The molecule has 0 aliphatic heterocycles. The summed E-state index contributed by atoms with van der Waals surface area (Å²) in [6.07, 6.45) is 3.08. The molecule has 0 aliphatic rings. The Balaban J connectivity index is 1.68. The van der Waals surface area contributed by atoms with E-state index in [0.717, 1.165) is 37.4 Å². The van der Waals surface area contributed by atoms with Crippen molar-refractivity contribution in [2.45, 2.75) is 0 Å². The summed E-state index contributed by atoms with van der Waals surface area (Å²) in [7, 11) is 0. The van der Waals surface area contributed by atoms with Gasteiger partial charge in [-0.3, -0.25) is 4.79 Å². The van der Waals surface area contributed by atoms with Crippen LogP contribution in [0.3, 0.4) is 0 Å². The van der Waals surface area contributed by atoms with Crippen molar-refractivity contribution in [1.29, 1.82) is 0 Å². The van der Waals surface area contributed by atoms with Crippen LogP contribution < -0.4 is 5.56 Å². The molecule has 0 spiro atoms. The summed E-state index contributed by atoms with van der Waals surface area (Å²) < 4.78 is 7.89. The molecule has 6 aromatic rings. The van der Waals surface area contributed by atoms with Crippen molar-refractivity contribution in [1.82, 2.24) is 14.8 Å². The molecule has 0 unspecified atom stereocenters. The molecule has 0 saturated heterocycles. The lowest BCUT2D eigenvalue weighted by Crippen LogP contribution is -2.22. The molecule has 158 valence electrons. The van der Waals surface area contributed by atoms with Crippen molar-refractivity contribution in [3.63, 3.8) is 0 Å². The molecule has 0 N–H and O–H groups in total. The predicted molar refractivity (Wildman–Crippen MR) is 133 cm³/mol. The zero-order valence-electron chi connectivity index (χ0n) is 17.3. The molecular weight excluding hydrogens is 478 g/mol. The third-order valence-electron chi connectivity index (χ3n) is 5.69. The largest absolute Gasteiger partial charge is 0.444 e. The van der Waals surface area contributed by atoms with Crippen LogP contribution in [0.15, 0.2) is 111 Å². The Labute approximate surface area is 197 Å². The Morgan fingerprint density at radius 1 is 0.788 bits per heavy atom. The third-order valence-corrected chi connectivity index (χ3v) is 6.15. The standard InChI is InChI=1S/C27H16BrN3O2/c28-20-13-18(25-15-29-16-33-25)12-19(14-20)26-22-9-3-4-10-23(22)27(32)31(30-26)24-11-5-7-17-6-1-2-8-21(17)24/h1-16H. The number of hydrogen-bond acceptors (Lipinski definition) is 4. The maximum atomic E-state index is 13.5. The van der Waals surface area contributed by atoms with Gasteiger partial charge in [-0.25, -0.2) is 4.98 Å². The smallest absolute Gasteiger partial charge is 0.279 e. The van der Waals surface area contributed by atoms with Gasteiger partial charge in [-0.05, 0) is 35.7 Å². The number of benzene rings is 4. The van der Waals surface area contributed by atoms with Crippen molar-refractivity contribution in [3.8, 4) is 28.3 Å². The minimum atomic E-state index is -0.156. The van der Waals surface area contributed by atoms with Crippen molar-refractivity contribution in [2.75, 3.05) is 0 Å². The van der Waals surface area contributed by atoms with E-state index in [0.29, 0.717) is 16.8 Å². The quantitative estimate of drug-likeness (QED) is 0.277. The zero-order chi connectivity index (χ0) is 22.4. The second-order valence-corrected chi connectivity index (χ2v) is 8.62. The molecule has 0 amide bonds. The van der Waals surface area contributed by atoms with Crippen LogP contribution in [0.5, 0.6) is 0 Å². The summed E-state index contributed by atoms with van der Waals surface area (Å²) in [5.41, 5.74) is 3.03. The number of fused-ring (bicyclic) bond motifs is 2. The van der Waals surface area contributed by atoms with Crippen molar-refractivity contribution in [3.05, 3.63) is 112 Å². The monoisotopic (exact) mass is 493 g/mol. The highest BCUT2D eigenvalue weighted by Gasteiger charge is 2.16. The molecule has 0 aliphatic carbocycles. The third kappa shape index (κ3) is 3.36. The number of oxazole rings is 1. The predicted octanol–water partition coefficient (Wildman–Crippen LogP) is 6.62. The second-order valence-electron chi connectivity index (χ2n) is 7.70. The molecule has 33 heavy (non-hydrogen) atoms. The van der Waals surface area contributed by atoms with Crippen LogP contribution in [0.25, 0.3) is 49.8 Å². The molecule has 2 aromatic heterocycles. The molecule has 4 aromatic carbocycles.